The molecule has 0 radical (unpaired) electrons. The minimum Gasteiger partial charge on any atom is -0.378 e. The highest BCUT2D eigenvalue weighted by molar-refractivity contribution is 7.59. The number of hydrogen-bond acceptors (Lipinski definition) is 2. The van der Waals surface area contributed by atoms with Crippen LogP contribution in [0.1, 0.15) is 110 Å². The van der Waals surface area contributed by atoms with Crippen LogP contribution < -0.4 is 0 Å². The van der Waals surface area contributed by atoms with Crippen molar-refractivity contribution in [1.29, 1.82) is 0 Å². The van der Waals surface area contributed by atoms with E-state index in [0.29, 0.717) is 10.8 Å². The van der Waals surface area contributed by atoms with E-state index in [1.54, 1.807) is 5.57 Å². The molecule has 0 aromatic heterocycles. The molecule has 0 spiro atoms. The average molecular weight is 485 g/mol. The number of fused-ring (bicyclic) bond motifs is 5. The molecule has 3 fully saturated rings. The first-order valence-corrected chi connectivity index (χ1v) is 14.1. The zero-order valence-corrected chi connectivity index (χ0v) is 23.8. The van der Waals surface area contributed by atoms with Gasteiger partial charge in [-0.2, -0.15) is 13.5 Å². The van der Waals surface area contributed by atoms with Crippen LogP contribution in [0.5, 0.6) is 0 Å². The Kier molecular flexibility index (Phi) is 9.16. The minimum atomic E-state index is 0. The Hall–Kier alpha value is 0.01000. The van der Waals surface area contributed by atoms with E-state index in [1.807, 2.05) is 7.11 Å². The Balaban J connectivity index is 0.00000306. The smallest absolute Gasteiger partial charge is 0.105 e. The van der Waals surface area contributed by atoms with Gasteiger partial charge in [-0.3, -0.25) is 0 Å². The van der Waals surface area contributed by atoms with Crippen LogP contribution in [0.2, 0.25) is 0 Å². The molecule has 0 saturated heterocycles. The first-order valence-electron chi connectivity index (χ1n) is 14.1. The molecule has 0 aliphatic heterocycles. The van der Waals surface area contributed by atoms with Crippen LogP contribution in [-0.2, 0) is 9.47 Å². The van der Waals surface area contributed by atoms with Gasteiger partial charge in [-0.25, -0.2) is 0 Å². The molecule has 198 valence electrons. The van der Waals surface area contributed by atoms with Gasteiger partial charge < -0.3 is 9.47 Å². The molecule has 4 aliphatic rings. The fraction of sp³-hybridized carbons (Fsp3) is 0.933. The van der Waals surface area contributed by atoms with Crippen LogP contribution in [0.4, 0.5) is 0 Å². The van der Waals surface area contributed by atoms with E-state index in [9.17, 15) is 0 Å². The fourth-order valence-corrected chi connectivity index (χ4v) is 9.32. The third-order valence-electron chi connectivity index (χ3n) is 11.0. The van der Waals surface area contributed by atoms with Crippen molar-refractivity contribution in [2.75, 3.05) is 13.7 Å². The minimum absolute atomic E-state index is 0. The molecule has 0 N–H and O–H groups in total. The quantitative estimate of drug-likeness (QED) is 0.320. The van der Waals surface area contributed by atoms with Gasteiger partial charge in [0.1, 0.15) is 6.10 Å². The van der Waals surface area contributed by atoms with Crippen molar-refractivity contribution in [3.63, 3.8) is 0 Å². The molecule has 33 heavy (non-hydrogen) atoms. The average Bonchev–Trinajstić information content (AvgIpc) is 3.11. The molecule has 0 bridgehead atoms. The topological polar surface area (TPSA) is 18.5 Å². The van der Waals surface area contributed by atoms with E-state index in [-0.39, 0.29) is 30.0 Å². The van der Waals surface area contributed by atoms with Crippen molar-refractivity contribution in [2.45, 2.75) is 118 Å². The van der Waals surface area contributed by atoms with Gasteiger partial charge in [-0.1, -0.05) is 60.0 Å². The molecule has 3 saturated carbocycles. The van der Waals surface area contributed by atoms with E-state index in [1.165, 1.54) is 57.8 Å². The SMILES string of the molecule is CCO[C@@H]1C2=CC[C@H]3C4CCC([C@H](C)CCCC(C)C)[C@@]4(C)CCC3[C@@]2(C)CC[C@@H]1OC.S.[HH].[HH].[HH]. The molecule has 0 aromatic rings. The lowest BCUT2D eigenvalue weighted by atomic mass is 9.46. The Labute approximate surface area is 216 Å². The van der Waals surface area contributed by atoms with Gasteiger partial charge in [-0.15, -0.1) is 0 Å². The Morgan fingerprint density at radius 3 is 2.45 bits per heavy atom. The van der Waals surface area contributed by atoms with Gasteiger partial charge >= 0.3 is 0 Å². The summed E-state index contributed by atoms with van der Waals surface area (Å²) in [5, 5.41) is 0. The number of allylic oxidation sites excluding steroid dienone is 1. The standard InChI is InChI=1S/C30H52O2.H2S.3H2/c1-8-32-28-26-13-12-22-24-15-14-23(21(4)11-9-10-20(2)3)29(24,5)18-16-25(22)30(26,6)19-17-27(28)31-7;;;;/h13,20-25,27-28H,8-12,14-19H2,1-7H3;1H2;3*1H/t21-,22+,23?,24?,25?,27+,28-,29-,30-;;;;/m1..../s1. The molecule has 4 rings (SSSR count). The number of methoxy groups -OCH3 is 1. The van der Waals surface area contributed by atoms with Crippen molar-refractivity contribution < 1.29 is 13.8 Å². The zero-order valence-electron chi connectivity index (χ0n) is 22.8. The van der Waals surface area contributed by atoms with Crippen molar-refractivity contribution in [3.8, 4) is 0 Å². The van der Waals surface area contributed by atoms with Gasteiger partial charge in [0.25, 0.3) is 0 Å². The van der Waals surface area contributed by atoms with E-state index in [2.05, 4.69) is 47.6 Å². The second kappa shape index (κ2) is 11.0. The summed E-state index contributed by atoms with van der Waals surface area (Å²) in [5.74, 6) is 5.35. The van der Waals surface area contributed by atoms with Gasteiger partial charge in [-0.05, 0) is 104 Å². The maximum atomic E-state index is 6.32. The van der Waals surface area contributed by atoms with Gasteiger partial charge in [0.2, 0.25) is 0 Å². The molecule has 0 heterocycles. The third-order valence-corrected chi connectivity index (χ3v) is 11.0. The van der Waals surface area contributed by atoms with Crippen LogP contribution in [0.15, 0.2) is 11.6 Å². The highest BCUT2D eigenvalue weighted by Crippen LogP contribution is 2.67. The first kappa shape index (κ1) is 27.6. The molecule has 0 amide bonds. The van der Waals surface area contributed by atoms with Crippen molar-refractivity contribution in [2.24, 2.45) is 46.3 Å². The van der Waals surface area contributed by atoms with Gasteiger partial charge in [0.15, 0.2) is 0 Å². The van der Waals surface area contributed by atoms with Crippen molar-refractivity contribution in [3.05, 3.63) is 11.6 Å². The molecule has 0 aromatic carbocycles. The maximum absolute atomic E-state index is 6.32. The molecule has 3 heteroatoms. The summed E-state index contributed by atoms with van der Waals surface area (Å²) in [7, 11) is 1.87. The third kappa shape index (κ3) is 4.86. The van der Waals surface area contributed by atoms with Crippen LogP contribution in [-0.4, -0.2) is 25.9 Å². The molecule has 2 nitrogen and oxygen atoms in total. The lowest BCUT2D eigenvalue weighted by molar-refractivity contribution is -0.104. The monoisotopic (exact) mass is 484 g/mol. The first-order chi connectivity index (χ1) is 15.3. The van der Waals surface area contributed by atoms with Gasteiger partial charge in [0.05, 0.1) is 6.10 Å². The van der Waals surface area contributed by atoms with Crippen LogP contribution in [0.3, 0.4) is 0 Å². The van der Waals surface area contributed by atoms with Crippen molar-refractivity contribution in [1.82, 2.24) is 0 Å². The predicted molar refractivity (Wildman–Crippen MR) is 151 cm³/mol. The van der Waals surface area contributed by atoms with E-state index < -0.39 is 0 Å². The van der Waals surface area contributed by atoms with Gasteiger partial charge in [0, 0.05) is 18.0 Å². The van der Waals surface area contributed by atoms with Crippen molar-refractivity contribution >= 4 is 13.5 Å². The highest BCUT2D eigenvalue weighted by atomic mass is 32.1. The van der Waals surface area contributed by atoms with E-state index in [4.69, 9.17) is 9.47 Å². The Bertz CT molecular complexity index is 689. The number of hydrogen-bond donors (Lipinski definition) is 0. The fourth-order valence-electron chi connectivity index (χ4n) is 9.32. The van der Waals surface area contributed by atoms with Crippen LogP contribution in [0.25, 0.3) is 0 Å². The largest absolute Gasteiger partial charge is 0.378 e. The maximum Gasteiger partial charge on any atom is 0.105 e. The Morgan fingerprint density at radius 1 is 1.03 bits per heavy atom. The summed E-state index contributed by atoms with van der Waals surface area (Å²) >= 11 is 0. The lowest BCUT2D eigenvalue weighted by Gasteiger charge is -2.59. The van der Waals surface area contributed by atoms with Crippen LogP contribution >= 0.6 is 13.5 Å². The lowest BCUT2D eigenvalue weighted by Crippen LogP contribution is -2.54. The zero-order chi connectivity index (χ0) is 23.1. The predicted octanol–water partition coefficient (Wildman–Crippen LogP) is 8.91. The molecule has 3 unspecified atom stereocenters. The summed E-state index contributed by atoms with van der Waals surface area (Å²) in [5.41, 5.74) is 2.49. The molecular weight excluding hydrogens is 424 g/mol. The van der Waals surface area contributed by atoms with E-state index in [0.717, 1.165) is 48.5 Å². The summed E-state index contributed by atoms with van der Waals surface area (Å²) in [6, 6.07) is 0. The number of ether oxygens (including phenoxy) is 2. The summed E-state index contributed by atoms with van der Waals surface area (Å²) in [6.45, 7) is 15.6. The summed E-state index contributed by atoms with van der Waals surface area (Å²) in [4.78, 5) is 0. The van der Waals surface area contributed by atoms with Crippen LogP contribution in [0, 0.1) is 46.3 Å². The molecule has 4 aliphatic carbocycles. The van der Waals surface area contributed by atoms with E-state index >= 15 is 0 Å². The second-order valence-corrected chi connectivity index (χ2v) is 12.9. The second-order valence-electron chi connectivity index (χ2n) is 12.9. The highest BCUT2D eigenvalue weighted by Gasteiger charge is 2.60. The normalized spacial score (nSPS) is 43.2. The Morgan fingerprint density at radius 2 is 1.79 bits per heavy atom. The number of rotatable bonds is 8. The summed E-state index contributed by atoms with van der Waals surface area (Å²) < 4.78 is 12.2. The molecular formula is C30H60O2S. The summed E-state index contributed by atoms with van der Waals surface area (Å²) in [6.07, 6.45) is 16.9. The molecule has 9 atom stereocenters.